The highest BCUT2D eigenvalue weighted by atomic mass is 32.2. The molecule has 33 heavy (non-hydrogen) atoms. The van der Waals surface area contributed by atoms with E-state index in [2.05, 4.69) is 32.8 Å². The number of rotatable bonds is 9. The number of sulfonamides is 1. The van der Waals surface area contributed by atoms with Crippen LogP contribution < -0.4 is 20.7 Å². The molecule has 1 unspecified atom stereocenters. The van der Waals surface area contributed by atoms with Crippen molar-refractivity contribution in [1.29, 1.82) is 0 Å². The van der Waals surface area contributed by atoms with Crippen molar-refractivity contribution in [2.75, 3.05) is 36.8 Å². The second-order valence-corrected chi connectivity index (χ2v) is 10.6. The molecule has 0 spiro atoms. The van der Waals surface area contributed by atoms with Gasteiger partial charge in [-0.1, -0.05) is 24.3 Å². The van der Waals surface area contributed by atoms with Gasteiger partial charge in [0.15, 0.2) is 4.90 Å². The van der Waals surface area contributed by atoms with Gasteiger partial charge in [0, 0.05) is 25.7 Å². The molecular weight excluding hydrogens is 442 g/mol. The number of nitro groups is 1. The highest BCUT2D eigenvalue weighted by Crippen LogP contribution is 2.29. The molecule has 1 saturated carbocycles. The molecule has 1 heterocycles. The van der Waals surface area contributed by atoms with Gasteiger partial charge in [-0.05, 0) is 62.3 Å². The summed E-state index contributed by atoms with van der Waals surface area (Å²) in [5, 5.41) is 21.8. The van der Waals surface area contributed by atoms with Crippen LogP contribution in [0, 0.1) is 22.0 Å². The van der Waals surface area contributed by atoms with E-state index in [1.165, 1.54) is 24.3 Å². The van der Waals surface area contributed by atoms with Gasteiger partial charge in [-0.3, -0.25) is 10.1 Å². The summed E-state index contributed by atoms with van der Waals surface area (Å²) in [6.07, 6.45) is 3.98. The van der Waals surface area contributed by atoms with E-state index in [1.807, 2.05) is 12.1 Å². The lowest BCUT2D eigenvalue weighted by atomic mass is 9.82. The normalized spacial score (nSPS) is 22.6. The van der Waals surface area contributed by atoms with Crippen molar-refractivity contribution in [3.63, 3.8) is 0 Å². The summed E-state index contributed by atoms with van der Waals surface area (Å²) in [6.45, 7) is 3.04. The number of benzene rings is 2. The van der Waals surface area contributed by atoms with E-state index in [0.717, 1.165) is 56.7 Å². The summed E-state index contributed by atoms with van der Waals surface area (Å²) in [5.41, 5.74) is 1.88. The number of nitro benzene ring substituents is 1. The first-order valence-corrected chi connectivity index (χ1v) is 12.9. The predicted octanol–water partition coefficient (Wildman–Crippen LogP) is 3.18. The maximum atomic E-state index is 12.6. The van der Waals surface area contributed by atoms with Gasteiger partial charge in [-0.2, -0.15) is 0 Å². The SMILES string of the molecule is O=[N+]([O-])c1ccccc1S(=O)(=O)NCC1CCC(CNCC2CNc3ccccc3N2)CC1. The first kappa shape index (κ1) is 23.5. The van der Waals surface area contributed by atoms with Crippen LogP contribution in [-0.4, -0.2) is 45.6 Å². The highest BCUT2D eigenvalue weighted by Gasteiger charge is 2.27. The number of nitrogens with one attached hydrogen (secondary N) is 4. The smallest absolute Gasteiger partial charge is 0.289 e. The van der Waals surface area contributed by atoms with Gasteiger partial charge in [0.1, 0.15) is 0 Å². The van der Waals surface area contributed by atoms with Gasteiger partial charge in [-0.15, -0.1) is 0 Å². The number of fused-ring (bicyclic) bond motifs is 1. The molecule has 1 aliphatic carbocycles. The molecule has 0 radical (unpaired) electrons. The van der Waals surface area contributed by atoms with Gasteiger partial charge in [-0.25, -0.2) is 13.1 Å². The van der Waals surface area contributed by atoms with Gasteiger partial charge in [0.25, 0.3) is 5.69 Å². The van der Waals surface area contributed by atoms with Crippen molar-refractivity contribution in [3.05, 3.63) is 58.6 Å². The van der Waals surface area contributed by atoms with E-state index >= 15 is 0 Å². The highest BCUT2D eigenvalue weighted by molar-refractivity contribution is 7.89. The molecule has 1 atom stereocenters. The number of para-hydroxylation sites is 3. The molecule has 10 heteroatoms. The Kier molecular flexibility index (Phi) is 7.46. The number of anilines is 2. The van der Waals surface area contributed by atoms with Crippen LogP contribution in [0.15, 0.2) is 53.4 Å². The predicted molar refractivity (Wildman–Crippen MR) is 129 cm³/mol. The Bertz CT molecular complexity index is 1070. The van der Waals surface area contributed by atoms with Gasteiger partial charge in [0.05, 0.1) is 22.3 Å². The van der Waals surface area contributed by atoms with E-state index in [1.54, 1.807) is 0 Å². The fraction of sp³-hybridized carbons (Fsp3) is 0.478. The van der Waals surface area contributed by atoms with E-state index in [0.29, 0.717) is 18.5 Å². The summed E-state index contributed by atoms with van der Waals surface area (Å²) in [4.78, 5) is 10.2. The number of hydrogen-bond donors (Lipinski definition) is 4. The molecule has 0 aromatic heterocycles. The van der Waals surface area contributed by atoms with Gasteiger partial charge >= 0.3 is 0 Å². The molecule has 0 bridgehead atoms. The summed E-state index contributed by atoms with van der Waals surface area (Å²) >= 11 is 0. The van der Waals surface area contributed by atoms with Crippen molar-refractivity contribution in [2.45, 2.75) is 36.6 Å². The molecule has 1 aliphatic heterocycles. The molecule has 0 saturated heterocycles. The number of hydrogen-bond acceptors (Lipinski definition) is 7. The Morgan fingerprint density at radius 3 is 2.27 bits per heavy atom. The lowest BCUT2D eigenvalue weighted by Gasteiger charge is -2.31. The van der Waals surface area contributed by atoms with Crippen molar-refractivity contribution in [1.82, 2.24) is 10.0 Å². The van der Waals surface area contributed by atoms with Crippen molar-refractivity contribution < 1.29 is 13.3 Å². The molecule has 4 N–H and O–H groups in total. The molecule has 4 rings (SSSR count). The molecule has 2 aromatic rings. The molecular formula is C23H31N5O4S. The summed E-state index contributed by atoms with van der Waals surface area (Å²) in [5.74, 6) is 0.830. The molecule has 178 valence electrons. The Morgan fingerprint density at radius 1 is 0.909 bits per heavy atom. The van der Waals surface area contributed by atoms with Crippen LogP contribution >= 0.6 is 0 Å². The topological polar surface area (TPSA) is 125 Å². The van der Waals surface area contributed by atoms with Crippen LogP contribution in [0.4, 0.5) is 17.1 Å². The maximum absolute atomic E-state index is 12.6. The van der Waals surface area contributed by atoms with Crippen molar-refractivity contribution in [2.24, 2.45) is 11.8 Å². The van der Waals surface area contributed by atoms with Gasteiger partial charge in [0.2, 0.25) is 10.0 Å². The molecule has 1 fully saturated rings. The minimum atomic E-state index is -3.91. The average Bonchev–Trinajstić information content (AvgIpc) is 2.83. The second kappa shape index (κ2) is 10.5. The van der Waals surface area contributed by atoms with Crippen LogP contribution in [0.1, 0.15) is 25.7 Å². The van der Waals surface area contributed by atoms with E-state index in [4.69, 9.17) is 0 Å². The lowest BCUT2D eigenvalue weighted by molar-refractivity contribution is -0.387. The zero-order chi connectivity index (χ0) is 23.3. The molecule has 2 aromatic carbocycles. The largest absolute Gasteiger partial charge is 0.381 e. The van der Waals surface area contributed by atoms with Crippen LogP contribution in [0.25, 0.3) is 0 Å². The fourth-order valence-corrected chi connectivity index (χ4v) is 5.92. The van der Waals surface area contributed by atoms with Crippen molar-refractivity contribution in [3.8, 4) is 0 Å². The van der Waals surface area contributed by atoms with Gasteiger partial charge < -0.3 is 16.0 Å². The Balaban J connectivity index is 1.17. The van der Waals surface area contributed by atoms with E-state index in [9.17, 15) is 18.5 Å². The fourth-order valence-electron chi connectivity index (χ4n) is 4.63. The third-order valence-electron chi connectivity index (χ3n) is 6.53. The minimum absolute atomic E-state index is 0.250. The average molecular weight is 474 g/mol. The Labute approximate surface area is 194 Å². The Morgan fingerprint density at radius 2 is 1.55 bits per heavy atom. The van der Waals surface area contributed by atoms with Crippen LogP contribution in [0.5, 0.6) is 0 Å². The van der Waals surface area contributed by atoms with E-state index < -0.39 is 20.6 Å². The third-order valence-corrected chi connectivity index (χ3v) is 8.00. The van der Waals surface area contributed by atoms with Crippen LogP contribution in [-0.2, 0) is 10.0 Å². The van der Waals surface area contributed by atoms with Crippen molar-refractivity contribution >= 4 is 27.1 Å². The number of nitrogens with zero attached hydrogens (tertiary/aromatic N) is 1. The molecule has 0 amide bonds. The third kappa shape index (κ3) is 6.01. The first-order valence-electron chi connectivity index (χ1n) is 11.5. The Hall–Kier alpha value is -2.69. The van der Waals surface area contributed by atoms with Crippen LogP contribution in [0.2, 0.25) is 0 Å². The minimum Gasteiger partial charge on any atom is -0.381 e. The quantitative estimate of drug-likeness (QED) is 0.326. The van der Waals surface area contributed by atoms with Crippen LogP contribution in [0.3, 0.4) is 0 Å². The standard InChI is InChI=1S/C23H31N5O4S/c29-28(30)22-7-3-4-8-23(22)33(31,32)26-14-18-11-9-17(10-12-18)13-24-15-19-16-25-20-5-1-2-6-21(20)27-19/h1-8,17-19,24-27H,9-16H2. The first-order chi connectivity index (χ1) is 15.9. The summed E-state index contributed by atoms with van der Waals surface area (Å²) in [6, 6.07) is 14.0. The summed E-state index contributed by atoms with van der Waals surface area (Å²) < 4.78 is 27.8. The van der Waals surface area contributed by atoms with E-state index in [-0.39, 0.29) is 10.8 Å². The zero-order valence-corrected chi connectivity index (χ0v) is 19.3. The molecule has 9 nitrogen and oxygen atoms in total. The second-order valence-electron chi connectivity index (χ2n) is 8.89. The monoisotopic (exact) mass is 473 g/mol. The lowest BCUT2D eigenvalue weighted by Crippen LogP contribution is -2.42. The zero-order valence-electron chi connectivity index (χ0n) is 18.5. The maximum Gasteiger partial charge on any atom is 0.289 e. The molecule has 2 aliphatic rings. The summed E-state index contributed by atoms with van der Waals surface area (Å²) in [7, 11) is -3.91.